The number of benzene rings is 4. The van der Waals surface area contributed by atoms with Crippen LogP contribution in [-0.2, 0) is 11.2 Å². The first-order valence-corrected chi connectivity index (χ1v) is 12.0. The van der Waals surface area contributed by atoms with E-state index >= 15 is 0 Å². The van der Waals surface area contributed by atoms with Gasteiger partial charge in [0.05, 0.1) is 16.9 Å². The number of halogens is 1. The molecule has 0 saturated heterocycles. The number of amides is 1. The van der Waals surface area contributed by atoms with E-state index in [1.807, 2.05) is 48.5 Å². The Bertz CT molecular complexity index is 1550. The Morgan fingerprint density at radius 2 is 1.65 bits per heavy atom. The summed E-state index contributed by atoms with van der Waals surface area (Å²) in [5.74, 6) is -1.42. The summed E-state index contributed by atoms with van der Waals surface area (Å²) in [4.78, 5) is 26.4. The highest BCUT2D eigenvalue weighted by molar-refractivity contribution is 6.54. The highest BCUT2D eigenvalue weighted by Gasteiger charge is 2.33. The van der Waals surface area contributed by atoms with E-state index in [9.17, 15) is 19.8 Å². The lowest BCUT2D eigenvalue weighted by Crippen LogP contribution is -2.32. The number of carbonyl (C=O) groups excluding carboxylic acids is 1. The molecule has 37 heavy (non-hydrogen) atoms. The van der Waals surface area contributed by atoms with E-state index in [1.54, 1.807) is 35.2 Å². The molecule has 184 valence electrons. The van der Waals surface area contributed by atoms with E-state index in [0.717, 1.165) is 11.3 Å². The zero-order valence-corrected chi connectivity index (χ0v) is 20.3. The molecule has 0 fully saturated rings. The maximum atomic E-state index is 13.4. The van der Waals surface area contributed by atoms with Crippen LogP contribution in [0.3, 0.4) is 0 Å². The van der Waals surface area contributed by atoms with Gasteiger partial charge in [0.1, 0.15) is 5.75 Å². The maximum Gasteiger partial charge on any atom is 0.335 e. The number of carbonyl (C=O) groups is 2. The first kappa shape index (κ1) is 24.1. The number of para-hydroxylation sites is 2. The topological polar surface area (TPSA) is 102 Å². The van der Waals surface area contributed by atoms with Crippen LogP contribution in [0.2, 0.25) is 5.02 Å². The standard InChI is InChI=1S/C29H22ClN3O4/c30-23-12-3-1-7-18(23)15-16-33-25-14-4-2-10-22(25)26(28(33)35)32-31-24-13-6-11-21(27(24)34)19-8-5-9-20(17-19)29(36)37/h1-14,17,31,34H,15-16H2,(H,36,37)/b32-26-. The number of carboxylic acid groups (broad SMARTS) is 1. The number of aromatic carboxylic acids is 1. The minimum Gasteiger partial charge on any atom is -0.505 e. The summed E-state index contributed by atoms with van der Waals surface area (Å²) < 4.78 is 0. The third-order valence-corrected chi connectivity index (χ3v) is 6.57. The number of aromatic hydroxyl groups is 1. The van der Waals surface area contributed by atoms with E-state index < -0.39 is 5.97 Å². The molecule has 0 aromatic heterocycles. The monoisotopic (exact) mass is 511 g/mol. The van der Waals surface area contributed by atoms with Crippen LogP contribution in [0.5, 0.6) is 5.75 Å². The number of anilines is 2. The van der Waals surface area contributed by atoms with Crippen LogP contribution in [0, 0.1) is 0 Å². The van der Waals surface area contributed by atoms with Crippen molar-refractivity contribution in [3.8, 4) is 16.9 Å². The second kappa shape index (κ2) is 10.2. The first-order chi connectivity index (χ1) is 17.9. The maximum absolute atomic E-state index is 13.4. The number of fused-ring (bicyclic) bond motifs is 1. The van der Waals surface area contributed by atoms with Gasteiger partial charge in [-0.2, -0.15) is 5.10 Å². The molecule has 0 saturated carbocycles. The smallest absolute Gasteiger partial charge is 0.335 e. The summed E-state index contributed by atoms with van der Waals surface area (Å²) in [6.07, 6.45) is 0.582. The lowest BCUT2D eigenvalue weighted by Gasteiger charge is -2.17. The Hall–Kier alpha value is -4.62. The van der Waals surface area contributed by atoms with Gasteiger partial charge in [0.25, 0.3) is 5.91 Å². The number of nitrogens with zero attached hydrogens (tertiary/aromatic N) is 2. The zero-order chi connectivity index (χ0) is 25.9. The third-order valence-electron chi connectivity index (χ3n) is 6.20. The number of nitrogens with one attached hydrogen (secondary N) is 1. The first-order valence-electron chi connectivity index (χ1n) is 11.6. The number of rotatable bonds is 7. The summed E-state index contributed by atoms with van der Waals surface area (Å²) in [7, 11) is 0. The van der Waals surface area contributed by atoms with Crippen molar-refractivity contribution in [3.05, 3.63) is 113 Å². The van der Waals surface area contributed by atoms with E-state index in [4.69, 9.17) is 11.6 Å². The van der Waals surface area contributed by atoms with Crippen LogP contribution >= 0.6 is 11.6 Å². The SMILES string of the molecule is O=C(O)c1cccc(-c2cccc(N/N=C3\C(=O)N(CCc4ccccc4Cl)c4ccccc43)c2O)c1. The van der Waals surface area contributed by atoms with Crippen molar-refractivity contribution in [2.24, 2.45) is 5.10 Å². The summed E-state index contributed by atoms with van der Waals surface area (Å²) >= 11 is 6.30. The summed E-state index contributed by atoms with van der Waals surface area (Å²) in [5.41, 5.74) is 6.82. The molecule has 3 N–H and O–H groups in total. The molecule has 1 amide bonds. The predicted octanol–water partition coefficient (Wildman–Crippen LogP) is 5.82. The summed E-state index contributed by atoms with van der Waals surface area (Å²) in [5, 5.41) is 25.2. The zero-order valence-electron chi connectivity index (χ0n) is 19.6. The minimum atomic E-state index is -1.06. The Kier molecular flexibility index (Phi) is 6.62. The van der Waals surface area contributed by atoms with Crippen LogP contribution in [-0.4, -0.2) is 34.3 Å². The number of carboxylic acids is 1. The van der Waals surface area contributed by atoms with Gasteiger partial charge in [-0.25, -0.2) is 4.79 Å². The fourth-order valence-corrected chi connectivity index (χ4v) is 4.56. The molecular formula is C29H22ClN3O4. The van der Waals surface area contributed by atoms with Crippen LogP contribution in [0.25, 0.3) is 11.1 Å². The molecule has 0 bridgehead atoms. The average Bonchev–Trinajstić information content (AvgIpc) is 3.18. The van der Waals surface area contributed by atoms with Crippen molar-refractivity contribution >= 4 is 40.6 Å². The molecule has 8 heteroatoms. The van der Waals surface area contributed by atoms with Crippen molar-refractivity contribution in [1.29, 1.82) is 0 Å². The highest BCUT2D eigenvalue weighted by Crippen LogP contribution is 2.36. The number of phenols is 1. The fraction of sp³-hybridized carbons (Fsp3) is 0.0690. The van der Waals surface area contributed by atoms with Crippen LogP contribution < -0.4 is 10.3 Å². The molecule has 4 aromatic rings. The molecule has 4 aromatic carbocycles. The van der Waals surface area contributed by atoms with E-state index in [0.29, 0.717) is 34.7 Å². The summed E-state index contributed by atoms with van der Waals surface area (Å²) in [6.45, 7) is 0.430. The van der Waals surface area contributed by atoms with Crippen LogP contribution in [0.1, 0.15) is 21.5 Å². The molecule has 0 radical (unpaired) electrons. The number of hydrogen-bond acceptors (Lipinski definition) is 5. The van der Waals surface area contributed by atoms with Crippen LogP contribution in [0.15, 0.2) is 96.1 Å². The van der Waals surface area contributed by atoms with Gasteiger partial charge >= 0.3 is 5.97 Å². The van der Waals surface area contributed by atoms with Crippen molar-refractivity contribution in [2.45, 2.75) is 6.42 Å². The molecule has 5 rings (SSSR count). The molecule has 0 aliphatic carbocycles. The van der Waals surface area contributed by atoms with Gasteiger partial charge in [-0.05, 0) is 47.9 Å². The number of hydrazone groups is 1. The van der Waals surface area contributed by atoms with Gasteiger partial charge in [-0.15, -0.1) is 0 Å². The van der Waals surface area contributed by atoms with Gasteiger partial charge in [0.2, 0.25) is 0 Å². The molecule has 7 nitrogen and oxygen atoms in total. The number of phenolic OH excluding ortho intramolecular Hbond substituents is 1. The molecule has 1 heterocycles. The van der Waals surface area contributed by atoms with Crippen molar-refractivity contribution < 1.29 is 19.8 Å². The van der Waals surface area contributed by atoms with Gasteiger partial charge in [-0.1, -0.05) is 72.3 Å². The fourth-order valence-electron chi connectivity index (χ4n) is 4.33. The quantitative estimate of drug-likeness (QED) is 0.214. The third kappa shape index (κ3) is 4.77. The molecule has 1 aliphatic rings. The lowest BCUT2D eigenvalue weighted by molar-refractivity contribution is -0.112. The minimum absolute atomic E-state index is 0.108. The molecule has 0 unspecified atom stereocenters. The molecule has 0 atom stereocenters. The summed E-state index contributed by atoms with van der Waals surface area (Å²) in [6, 6.07) is 26.3. The molecule has 1 aliphatic heterocycles. The second-order valence-electron chi connectivity index (χ2n) is 8.48. The molecular weight excluding hydrogens is 490 g/mol. The van der Waals surface area contributed by atoms with Crippen LogP contribution in [0.4, 0.5) is 11.4 Å². The van der Waals surface area contributed by atoms with Gasteiger partial charge in [0.15, 0.2) is 5.71 Å². The normalized spacial score (nSPS) is 13.6. The average molecular weight is 512 g/mol. The van der Waals surface area contributed by atoms with E-state index in [-0.39, 0.29) is 28.6 Å². The largest absolute Gasteiger partial charge is 0.505 e. The Morgan fingerprint density at radius 3 is 2.46 bits per heavy atom. The second-order valence-corrected chi connectivity index (χ2v) is 8.88. The van der Waals surface area contributed by atoms with Gasteiger partial charge in [-0.3, -0.25) is 10.2 Å². The Balaban J connectivity index is 1.42. The van der Waals surface area contributed by atoms with Crippen molar-refractivity contribution in [3.63, 3.8) is 0 Å². The lowest BCUT2D eigenvalue weighted by atomic mass is 10.0. The predicted molar refractivity (Wildman–Crippen MR) is 145 cm³/mol. The van der Waals surface area contributed by atoms with Gasteiger partial charge < -0.3 is 15.1 Å². The Labute approximate surface area is 218 Å². The highest BCUT2D eigenvalue weighted by atomic mass is 35.5. The van der Waals surface area contributed by atoms with Gasteiger partial charge in [0, 0.05) is 22.7 Å². The van der Waals surface area contributed by atoms with E-state index in [1.165, 1.54) is 12.1 Å². The molecule has 0 spiro atoms. The number of hydrogen-bond donors (Lipinski definition) is 3. The van der Waals surface area contributed by atoms with Crippen molar-refractivity contribution in [1.82, 2.24) is 0 Å². The Morgan fingerprint density at radius 1 is 0.919 bits per heavy atom. The van der Waals surface area contributed by atoms with E-state index in [2.05, 4.69) is 10.5 Å². The van der Waals surface area contributed by atoms with Crippen molar-refractivity contribution in [2.75, 3.05) is 16.9 Å².